The first-order valence-electron chi connectivity index (χ1n) is 6.39. The van der Waals surface area contributed by atoms with Crippen molar-refractivity contribution in [3.63, 3.8) is 0 Å². The number of nitrogen functional groups attached to an aromatic ring is 1. The molecular formula is C15H15N3O3. The van der Waals surface area contributed by atoms with Gasteiger partial charge in [0.1, 0.15) is 11.5 Å². The normalized spacial score (nSPS) is 10.0. The molecule has 1 aromatic carbocycles. The Kier molecular flexibility index (Phi) is 4.46. The van der Waals surface area contributed by atoms with E-state index in [2.05, 4.69) is 0 Å². The molecule has 0 saturated carbocycles. The van der Waals surface area contributed by atoms with Crippen LogP contribution in [-0.2, 0) is 6.54 Å². The highest BCUT2D eigenvalue weighted by molar-refractivity contribution is 5.95. The van der Waals surface area contributed by atoms with Crippen molar-refractivity contribution in [1.82, 2.24) is 4.90 Å². The average Bonchev–Trinajstić information content (AvgIpc) is 2.98. The van der Waals surface area contributed by atoms with Gasteiger partial charge in [0.05, 0.1) is 31.0 Å². The highest BCUT2D eigenvalue weighted by Crippen LogP contribution is 2.22. The number of nitrogens with zero attached hydrogens (tertiary/aromatic N) is 2. The Morgan fingerprint density at radius 3 is 2.86 bits per heavy atom. The number of carbonyl (C=O) groups excluding carboxylic acids is 1. The van der Waals surface area contributed by atoms with E-state index in [-0.39, 0.29) is 36.9 Å². The second-order valence-electron chi connectivity index (χ2n) is 4.49. The number of rotatable bonds is 5. The lowest BCUT2D eigenvalue weighted by atomic mass is 10.1. The molecule has 2 rings (SSSR count). The number of hydrogen-bond donors (Lipinski definition) is 2. The van der Waals surface area contributed by atoms with Gasteiger partial charge < -0.3 is 20.2 Å². The molecule has 108 valence electrons. The molecule has 0 aliphatic rings. The zero-order valence-electron chi connectivity index (χ0n) is 11.3. The Balaban J connectivity index is 2.20. The van der Waals surface area contributed by atoms with Gasteiger partial charge in [-0.2, -0.15) is 5.26 Å². The molecule has 6 heteroatoms. The minimum Gasteiger partial charge on any atom is -0.506 e. The van der Waals surface area contributed by atoms with Crippen LogP contribution in [0.15, 0.2) is 41.0 Å². The predicted molar refractivity (Wildman–Crippen MR) is 76.2 cm³/mol. The molecule has 0 fully saturated rings. The van der Waals surface area contributed by atoms with E-state index in [4.69, 9.17) is 15.4 Å². The zero-order chi connectivity index (χ0) is 15.2. The Morgan fingerprint density at radius 1 is 1.43 bits per heavy atom. The number of hydrogen-bond acceptors (Lipinski definition) is 5. The highest BCUT2D eigenvalue weighted by Gasteiger charge is 2.18. The molecule has 21 heavy (non-hydrogen) atoms. The monoisotopic (exact) mass is 285 g/mol. The highest BCUT2D eigenvalue weighted by atomic mass is 16.3. The minimum atomic E-state index is -0.294. The van der Waals surface area contributed by atoms with Gasteiger partial charge >= 0.3 is 0 Å². The van der Waals surface area contributed by atoms with Gasteiger partial charge in [-0.3, -0.25) is 4.79 Å². The first kappa shape index (κ1) is 14.5. The SMILES string of the molecule is N#CCCN(Cc1ccco1)C(=O)c1ccc(N)c(O)c1. The standard InChI is InChI=1S/C15H15N3O3/c16-6-2-7-18(10-12-3-1-8-21-12)15(20)11-4-5-13(17)14(19)9-11/h1,3-5,8-9,19H,2,7,10,17H2. The van der Waals surface area contributed by atoms with Crippen LogP contribution in [0.2, 0.25) is 0 Å². The van der Waals surface area contributed by atoms with Gasteiger partial charge in [0, 0.05) is 12.1 Å². The second kappa shape index (κ2) is 6.48. The van der Waals surface area contributed by atoms with Crippen LogP contribution in [0.25, 0.3) is 0 Å². The molecule has 3 N–H and O–H groups in total. The van der Waals surface area contributed by atoms with Crippen molar-refractivity contribution in [3.05, 3.63) is 47.9 Å². The predicted octanol–water partition coefficient (Wildman–Crippen LogP) is 2.12. The number of nitrogens with two attached hydrogens (primary N) is 1. The van der Waals surface area contributed by atoms with Crippen LogP contribution in [-0.4, -0.2) is 22.5 Å². The van der Waals surface area contributed by atoms with E-state index in [9.17, 15) is 9.90 Å². The van der Waals surface area contributed by atoms with E-state index in [1.165, 1.54) is 23.3 Å². The maximum Gasteiger partial charge on any atom is 0.254 e. The molecule has 1 amide bonds. The van der Waals surface area contributed by atoms with Crippen molar-refractivity contribution in [3.8, 4) is 11.8 Å². The van der Waals surface area contributed by atoms with Gasteiger partial charge in [-0.15, -0.1) is 0 Å². The van der Waals surface area contributed by atoms with Crippen LogP contribution in [0.1, 0.15) is 22.5 Å². The molecular weight excluding hydrogens is 270 g/mol. The van der Waals surface area contributed by atoms with Crippen LogP contribution in [0.4, 0.5) is 5.69 Å². The van der Waals surface area contributed by atoms with Gasteiger partial charge in [-0.25, -0.2) is 0 Å². The molecule has 0 spiro atoms. The zero-order valence-corrected chi connectivity index (χ0v) is 11.3. The van der Waals surface area contributed by atoms with Gasteiger partial charge in [-0.1, -0.05) is 0 Å². The van der Waals surface area contributed by atoms with Crippen molar-refractivity contribution in [2.75, 3.05) is 12.3 Å². The molecule has 0 saturated heterocycles. The summed E-state index contributed by atoms with van der Waals surface area (Å²) in [4.78, 5) is 14.0. The van der Waals surface area contributed by atoms with Crippen LogP contribution in [0.3, 0.4) is 0 Å². The maximum atomic E-state index is 12.5. The number of anilines is 1. The van der Waals surface area contributed by atoms with Crippen LogP contribution in [0.5, 0.6) is 5.75 Å². The van der Waals surface area contributed by atoms with E-state index < -0.39 is 0 Å². The average molecular weight is 285 g/mol. The van der Waals surface area contributed by atoms with Crippen LogP contribution in [0, 0.1) is 11.3 Å². The van der Waals surface area contributed by atoms with E-state index in [0.29, 0.717) is 11.3 Å². The summed E-state index contributed by atoms with van der Waals surface area (Å²) in [5.74, 6) is 0.192. The maximum absolute atomic E-state index is 12.5. The number of nitriles is 1. The van der Waals surface area contributed by atoms with Gasteiger partial charge in [0.25, 0.3) is 5.91 Å². The van der Waals surface area contributed by atoms with Crippen molar-refractivity contribution >= 4 is 11.6 Å². The number of carbonyl (C=O) groups is 1. The summed E-state index contributed by atoms with van der Waals surface area (Å²) in [6.45, 7) is 0.541. The fraction of sp³-hybridized carbons (Fsp3) is 0.200. The number of aromatic hydroxyl groups is 1. The summed E-state index contributed by atoms with van der Waals surface area (Å²) >= 11 is 0. The topological polar surface area (TPSA) is 103 Å². The van der Waals surface area contributed by atoms with Gasteiger partial charge in [-0.05, 0) is 30.3 Å². The van der Waals surface area contributed by atoms with Crippen LogP contribution >= 0.6 is 0 Å². The molecule has 1 heterocycles. The minimum absolute atomic E-state index is 0.140. The largest absolute Gasteiger partial charge is 0.506 e. The summed E-state index contributed by atoms with van der Waals surface area (Å²) in [6.07, 6.45) is 1.74. The molecule has 0 unspecified atom stereocenters. The summed E-state index contributed by atoms with van der Waals surface area (Å²) in [5.41, 5.74) is 6.04. The lowest BCUT2D eigenvalue weighted by Gasteiger charge is -2.20. The Morgan fingerprint density at radius 2 is 2.24 bits per heavy atom. The van der Waals surface area contributed by atoms with Crippen molar-refractivity contribution < 1.29 is 14.3 Å². The smallest absolute Gasteiger partial charge is 0.254 e. The molecule has 2 aromatic rings. The molecule has 0 atom stereocenters. The fourth-order valence-electron chi connectivity index (χ4n) is 1.89. The summed E-state index contributed by atoms with van der Waals surface area (Å²) in [5, 5.41) is 18.3. The first-order valence-corrected chi connectivity index (χ1v) is 6.39. The molecule has 0 bridgehead atoms. The molecule has 0 aliphatic carbocycles. The number of phenolic OH excluding ortho intramolecular Hbond substituents is 1. The molecule has 1 aromatic heterocycles. The van der Waals surface area contributed by atoms with E-state index >= 15 is 0 Å². The third-order valence-corrected chi connectivity index (χ3v) is 2.98. The number of amides is 1. The lowest BCUT2D eigenvalue weighted by molar-refractivity contribution is 0.0735. The number of benzene rings is 1. The second-order valence-corrected chi connectivity index (χ2v) is 4.49. The number of phenols is 1. The van der Waals surface area contributed by atoms with E-state index in [0.717, 1.165) is 0 Å². The van der Waals surface area contributed by atoms with Gasteiger partial charge in [0.15, 0.2) is 0 Å². The molecule has 0 aliphatic heterocycles. The first-order chi connectivity index (χ1) is 10.1. The molecule has 6 nitrogen and oxygen atoms in total. The van der Waals surface area contributed by atoms with E-state index in [1.54, 1.807) is 18.2 Å². The third-order valence-electron chi connectivity index (χ3n) is 2.98. The van der Waals surface area contributed by atoms with Crippen molar-refractivity contribution in [1.29, 1.82) is 5.26 Å². The summed E-state index contributed by atoms with van der Waals surface area (Å²) < 4.78 is 5.23. The number of furan rings is 1. The Bertz CT molecular complexity index is 659. The van der Waals surface area contributed by atoms with Crippen molar-refractivity contribution in [2.45, 2.75) is 13.0 Å². The summed E-state index contributed by atoms with van der Waals surface area (Å²) in [7, 11) is 0. The quantitative estimate of drug-likeness (QED) is 0.647. The van der Waals surface area contributed by atoms with Crippen molar-refractivity contribution in [2.24, 2.45) is 0 Å². The van der Waals surface area contributed by atoms with Gasteiger partial charge in [0.2, 0.25) is 0 Å². The third kappa shape index (κ3) is 3.54. The Labute approximate surface area is 122 Å². The summed E-state index contributed by atoms with van der Waals surface area (Å²) in [6, 6.07) is 9.83. The van der Waals surface area contributed by atoms with Crippen LogP contribution < -0.4 is 5.73 Å². The van der Waals surface area contributed by atoms with E-state index in [1.807, 2.05) is 6.07 Å². The molecule has 0 radical (unpaired) electrons. The Hall–Kier alpha value is -2.94. The fourth-order valence-corrected chi connectivity index (χ4v) is 1.89. The lowest BCUT2D eigenvalue weighted by Crippen LogP contribution is -2.31.